The number of rotatable bonds is 5. The number of aromatic nitrogens is 2. The van der Waals surface area contributed by atoms with E-state index in [-0.39, 0.29) is 5.91 Å². The number of hydrogen-bond donors (Lipinski definition) is 0. The molecule has 1 aliphatic rings. The highest BCUT2D eigenvalue weighted by atomic mass is 19.4. The van der Waals surface area contributed by atoms with Gasteiger partial charge in [0.2, 0.25) is 5.91 Å². The molecule has 1 aromatic carbocycles. The van der Waals surface area contributed by atoms with E-state index < -0.39 is 11.7 Å². The Hall–Kier alpha value is -2.64. The first-order chi connectivity index (χ1) is 14.6. The third kappa shape index (κ3) is 5.35. The van der Waals surface area contributed by atoms with Crippen LogP contribution in [0.5, 0.6) is 0 Å². The molecule has 0 bridgehead atoms. The highest BCUT2D eigenvalue weighted by molar-refractivity contribution is 5.76. The molecule has 0 saturated carbocycles. The number of anilines is 1. The molecule has 8 heteroatoms. The van der Waals surface area contributed by atoms with E-state index in [2.05, 4.69) is 9.88 Å². The number of carbonyl (C=O) groups is 1. The third-order valence-electron chi connectivity index (χ3n) is 5.53. The summed E-state index contributed by atoms with van der Waals surface area (Å²) in [5.74, 6) is 1.72. The maximum absolute atomic E-state index is 12.9. The smallest absolute Gasteiger partial charge is 0.353 e. The fourth-order valence-corrected chi connectivity index (χ4v) is 3.84. The van der Waals surface area contributed by atoms with E-state index in [9.17, 15) is 18.0 Å². The molecule has 1 amide bonds. The molecule has 1 fully saturated rings. The van der Waals surface area contributed by atoms with Crippen LogP contribution in [-0.4, -0.2) is 47.0 Å². The van der Waals surface area contributed by atoms with Gasteiger partial charge < -0.3 is 9.80 Å². The zero-order valence-electron chi connectivity index (χ0n) is 18.5. The number of benzene rings is 1. The number of amides is 1. The van der Waals surface area contributed by atoms with Gasteiger partial charge in [-0.3, -0.25) is 4.79 Å². The Balaban J connectivity index is 1.84. The fraction of sp³-hybridized carbons (Fsp3) is 0.522. The summed E-state index contributed by atoms with van der Waals surface area (Å²) >= 11 is 0. The third-order valence-corrected chi connectivity index (χ3v) is 5.53. The zero-order valence-corrected chi connectivity index (χ0v) is 18.5. The second kappa shape index (κ2) is 9.24. The molecule has 1 saturated heterocycles. The van der Waals surface area contributed by atoms with E-state index >= 15 is 0 Å². The molecular formula is C23H29F3N4O. The Labute approximate surface area is 181 Å². The fourth-order valence-electron chi connectivity index (χ4n) is 3.84. The number of nitrogens with zero attached hydrogens (tertiary/aromatic N) is 4. The second-order valence-electron chi connectivity index (χ2n) is 8.33. The van der Waals surface area contributed by atoms with Crippen molar-refractivity contribution in [3.8, 4) is 11.4 Å². The Kier molecular flexibility index (Phi) is 6.86. The molecule has 0 N–H and O–H groups in total. The number of hydrogen-bond acceptors (Lipinski definition) is 4. The van der Waals surface area contributed by atoms with E-state index in [4.69, 9.17) is 4.98 Å². The molecule has 0 atom stereocenters. The first-order valence-electron chi connectivity index (χ1n) is 10.7. The van der Waals surface area contributed by atoms with Crippen molar-refractivity contribution in [1.82, 2.24) is 14.9 Å². The van der Waals surface area contributed by atoms with Crippen LogP contribution in [-0.2, 0) is 17.4 Å². The Morgan fingerprint density at radius 2 is 1.68 bits per heavy atom. The Morgan fingerprint density at radius 3 is 2.19 bits per heavy atom. The van der Waals surface area contributed by atoms with Crippen LogP contribution < -0.4 is 4.90 Å². The number of halogens is 3. The van der Waals surface area contributed by atoms with Gasteiger partial charge in [-0.1, -0.05) is 32.9 Å². The minimum absolute atomic E-state index is 0.176. The summed E-state index contributed by atoms with van der Waals surface area (Å²) in [6.45, 7) is 10.6. The van der Waals surface area contributed by atoms with Crippen molar-refractivity contribution < 1.29 is 18.0 Å². The molecule has 2 heterocycles. The minimum Gasteiger partial charge on any atom is -0.353 e. The summed E-state index contributed by atoms with van der Waals surface area (Å²) < 4.78 is 38.7. The summed E-state index contributed by atoms with van der Waals surface area (Å²) in [5.41, 5.74) is 1.70. The van der Waals surface area contributed by atoms with Crippen molar-refractivity contribution in [3.63, 3.8) is 0 Å². The quantitative estimate of drug-likeness (QED) is 0.683. The van der Waals surface area contributed by atoms with Crippen LogP contribution in [0.2, 0.25) is 0 Å². The summed E-state index contributed by atoms with van der Waals surface area (Å²) in [5, 5.41) is 0. The number of carbonyl (C=O) groups excluding carboxylic acids is 1. The van der Waals surface area contributed by atoms with Crippen LogP contribution in [0.25, 0.3) is 11.4 Å². The van der Waals surface area contributed by atoms with Crippen LogP contribution in [0.4, 0.5) is 19.0 Å². The highest BCUT2D eigenvalue weighted by Crippen LogP contribution is 2.31. The molecule has 31 heavy (non-hydrogen) atoms. The summed E-state index contributed by atoms with van der Waals surface area (Å²) in [6.07, 6.45) is -3.08. The van der Waals surface area contributed by atoms with Crippen LogP contribution in [0.3, 0.4) is 0 Å². The lowest BCUT2D eigenvalue weighted by Crippen LogP contribution is -2.49. The van der Waals surface area contributed by atoms with Gasteiger partial charge in [0.05, 0.1) is 5.56 Å². The molecule has 3 rings (SSSR count). The number of aryl methyl sites for hydroxylation is 1. The standard InChI is InChI=1S/C23H29F3N4O/c1-5-19-16(4)27-21(17-6-8-18(9-7-17)23(24,25)26)28-22(19)30-12-10-29(11-13-30)20(31)14-15(2)3/h6-9,15H,5,10-14H2,1-4H3. The van der Waals surface area contributed by atoms with Gasteiger partial charge in [-0.05, 0) is 31.4 Å². The van der Waals surface area contributed by atoms with Crippen molar-refractivity contribution in [2.24, 2.45) is 5.92 Å². The van der Waals surface area contributed by atoms with E-state index in [0.717, 1.165) is 35.6 Å². The van der Waals surface area contributed by atoms with E-state index in [1.807, 2.05) is 32.6 Å². The maximum atomic E-state index is 12.9. The summed E-state index contributed by atoms with van der Waals surface area (Å²) in [4.78, 5) is 25.7. The van der Waals surface area contributed by atoms with Gasteiger partial charge in [0.1, 0.15) is 5.82 Å². The van der Waals surface area contributed by atoms with Crippen LogP contribution in [0, 0.1) is 12.8 Å². The lowest BCUT2D eigenvalue weighted by molar-refractivity contribution is -0.137. The number of alkyl halides is 3. The highest BCUT2D eigenvalue weighted by Gasteiger charge is 2.30. The summed E-state index contributed by atoms with van der Waals surface area (Å²) in [6, 6.07) is 4.94. The van der Waals surface area contributed by atoms with Gasteiger partial charge in [0.25, 0.3) is 0 Å². The first kappa shape index (κ1) is 23.0. The normalized spacial score (nSPS) is 15.0. The second-order valence-corrected chi connectivity index (χ2v) is 8.33. The topological polar surface area (TPSA) is 49.3 Å². The van der Waals surface area contributed by atoms with Gasteiger partial charge in [-0.2, -0.15) is 13.2 Å². The van der Waals surface area contributed by atoms with Gasteiger partial charge in [0.15, 0.2) is 5.82 Å². The van der Waals surface area contributed by atoms with E-state index in [0.29, 0.717) is 49.9 Å². The lowest BCUT2D eigenvalue weighted by atomic mass is 10.1. The molecule has 2 aromatic rings. The van der Waals surface area contributed by atoms with Crippen molar-refractivity contribution in [3.05, 3.63) is 41.1 Å². The zero-order chi connectivity index (χ0) is 22.8. The Morgan fingerprint density at radius 1 is 1.06 bits per heavy atom. The molecule has 0 spiro atoms. The molecule has 0 aliphatic carbocycles. The van der Waals surface area contributed by atoms with Crippen LogP contribution in [0.1, 0.15) is 44.0 Å². The average Bonchev–Trinajstić information content (AvgIpc) is 2.72. The molecule has 1 aromatic heterocycles. The molecule has 168 valence electrons. The minimum atomic E-state index is -4.38. The molecule has 0 unspecified atom stereocenters. The van der Waals surface area contributed by atoms with Crippen molar-refractivity contribution >= 4 is 11.7 Å². The lowest BCUT2D eigenvalue weighted by Gasteiger charge is -2.36. The average molecular weight is 435 g/mol. The van der Waals surface area contributed by atoms with Crippen molar-refractivity contribution in [2.75, 3.05) is 31.1 Å². The van der Waals surface area contributed by atoms with Gasteiger partial charge in [0, 0.05) is 49.4 Å². The van der Waals surface area contributed by atoms with Crippen LogP contribution in [0.15, 0.2) is 24.3 Å². The number of piperazine rings is 1. The molecule has 1 aliphatic heterocycles. The molecule has 0 radical (unpaired) electrons. The maximum Gasteiger partial charge on any atom is 0.416 e. The molecule has 5 nitrogen and oxygen atoms in total. The van der Waals surface area contributed by atoms with Crippen molar-refractivity contribution in [1.29, 1.82) is 0 Å². The predicted molar refractivity (Wildman–Crippen MR) is 115 cm³/mol. The Bertz CT molecular complexity index is 918. The SMILES string of the molecule is CCc1c(C)nc(-c2ccc(C(F)(F)F)cc2)nc1N1CCN(C(=O)CC(C)C)CC1. The largest absolute Gasteiger partial charge is 0.416 e. The van der Waals surface area contributed by atoms with Gasteiger partial charge in [-0.15, -0.1) is 0 Å². The van der Waals surface area contributed by atoms with Crippen molar-refractivity contribution in [2.45, 2.75) is 46.7 Å². The van der Waals surface area contributed by atoms with Crippen LogP contribution >= 0.6 is 0 Å². The monoisotopic (exact) mass is 434 g/mol. The predicted octanol–water partition coefficient (Wildman–Crippen LogP) is 4.73. The molecular weight excluding hydrogens is 405 g/mol. The van der Waals surface area contributed by atoms with Gasteiger partial charge in [-0.25, -0.2) is 9.97 Å². The van der Waals surface area contributed by atoms with E-state index in [1.165, 1.54) is 12.1 Å². The van der Waals surface area contributed by atoms with E-state index in [1.54, 1.807) is 0 Å². The summed E-state index contributed by atoms with van der Waals surface area (Å²) in [7, 11) is 0. The first-order valence-corrected chi connectivity index (χ1v) is 10.7. The van der Waals surface area contributed by atoms with Gasteiger partial charge >= 0.3 is 6.18 Å².